The van der Waals surface area contributed by atoms with Gasteiger partial charge in [0.15, 0.2) is 0 Å². The number of aromatic carboxylic acids is 1. The van der Waals surface area contributed by atoms with Crippen LogP contribution >= 0.6 is 0 Å². The second-order valence-corrected chi connectivity index (χ2v) is 3.56. The van der Waals surface area contributed by atoms with Crippen LogP contribution in [0.4, 0.5) is 0 Å². The number of carbonyl (C=O) groups excluding carboxylic acids is 1. The van der Waals surface area contributed by atoms with Gasteiger partial charge in [-0.1, -0.05) is 12.1 Å². The molecule has 0 aromatic heterocycles. The summed E-state index contributed by atoms with van der Waals surface area (Å²) in [5.41, 5.74) is 6.65. The first-order chi connectivity index (χ1) is 8.04. The molecule has 0 fully saturated rings. The van der Waals surface area contributed by atoms with E-state index in [1.54, 1.807) is 19.1 Å². The molecule has 0 radical (unpaired) electrons. The molecule has 0 aliphatic rings. The molecule has 1 aromatic carbocycles. The monoisotopic (exact) mass is 237 g/mol. The number of carboxylic acid groups (broad SMARTS) is 1. The molecule has 0 bridgehead atoms. The maximum Gasteiger partial charge on any atom is 0.335 e. The number of carbonyl (C=O) groups is 2. The van der Waals surface area contributed by atoms with Crippen LogP contribution in [-0.2, 0) is 16.0 Å². The van der Waals surface area contributed by atoms with E-state index in [1.165, 1.54) is 12.1 Å². The van der Waals surface area contributed by atoms with Crippen molar-refractivity contribution in [1.29, 1.82) is 0 Å². The van der Waals surface area contributed by atoms with Crippen LogP contribution in [0.3, 0.4) is 0 Å². The normalized spacial score (nSPS) is 11.9. The Hall–Kier alpha value is -1.88. The molecule has 5 heteroatoms. The first-order valence-corrected chi connectivity index (χ1v) is 5.29. The van der Waals surface area contributed by atoms with Crippen molar-refractivity contribution in [3.05, 3.63) is 35.4 Å². The third-order valence-corrected chi connectivity index (χ3v) is 2.25. The Morgan fingerprint density at radius 1 is 1.35 bits per heavy atom. The standard InChI is InChI=1S/C12H15NO4/c1-2-17-12(16)10(13)7-8-3-5-9(6-4-8)11(14)15/h3-6,10H,2,7,13H2,1H3,(H,14,15). The summed E-state index contributed by atoms with van der Waals surface area (Å²) in [6, 6.07) is 5.53. The predicted molar refractivity (Wildman–Crippen MR) is 61.7 cm³/mol. The van der Waals surface area contributed by atoms with Crippen LogP contribution < -0.4 is 5.73 Å². The van der Waals surface area contributed by atoms with Gasteiger partial charge in [-0.15, -0.1) is 0 Å². The summed E-state index contributed by atoms with van der Waals surface area (Å²) in [6.45, 7) is 2.01. The summed E-state index contributed by atoms with van der Waals surface area (Å²) in [6.07, 6.45) is 0.332. The molecule has 0 spiro atoms. The number of rotatable bonds is 5. The molecular weight excluding hydrogens is 222 g/mol. The number of hydrogen-bond donors (Lipinski definition) is 2. The van der Waals surface area contributed by atoms with E-state index >= 15 is 0 Å². The molecule has 1 aromatic rings. The van der Waals surface area contributed by atoms with Crippen LogP contribution in [0.2, 0.25) is 0 Å². The smallest absolute Gasteiger partial charge is 0.335 e. The molecular formula is C12H15NO4. The highest BCUT2D eigenvalue weighted by Crippen LogP contribution is 2.07. The summed E-state index contributed by atoms with van der Waals surface area (Å²) >= 11 is 0. The Kier molecular flexibility index (Phi) is 4.66. The van der Waals surface area contributed by atoms with Crippen LogP contribution in [0.15, 0.2) is 24.3 Å². The Balaban J connectivity index is 2.63. The molecule has 3 N–H and O–H groups in total. The summed E-state index contributed by atoms with van der Waals surface area (Å²) in [4.78, 5) is 21.9. The summed E-state index contributed by atoms with van der Waals surface area (Å²) in [5, 5.41) is 8.72. The van der Waals surface area contributed by atoms with Crippen molar-refractivity contribution in [3.63, 3.8) is 0 Å². The Bertz CT molecular complexity index is 399. The Morgan fingerprint density at radius 3 is 2.41 bits per heavy atom. The SMILES string of the molecule is CCOC(=O)C(N)Cc1ccc(C(=O)O)cc1. The average molecular weight is 237 g/mol. The first-order valence-electron chi connectivity index (χ1n) is 5.29. The number of carboxylic acids is 1. The third-order valence-electron chi connectivity index (χ3n) is 2.25. The van der Waals surface area contributed by atoms with Gasteiger partial charge in [-0.3, -0.25) is 4.79 Å². The minimum Gasteiger partial charge on any atom is -0.478 e. The van der Waals surface area contributed by atoms with Gasteiger partial charge in [-0.2, -0.15) is 0 Å². The van der Waals surface area contributed by atoms with Crippen molar-refractivity contribution < 1.29 is 19.4 Å². The van der Waals surface area contributed by atoms with Gasteiger partial charge in [0.2, 0.25) is 0 Å². The number of benzene rings is 1. The zero-order valence-corrected chi connectivity index (χ0v) is 9.55. The molecule has 0 saturated heterocycles. The van der Waals surface area contributed by atoms with Gasteiger partial charge in [-0.05, 0) is 31.0 Å². The van der Waals surface area contributed by atoms with Crippen LogP contribution in [0, 0.1) is 0 Å². The lowest BCUT2D eigenvalue weighted by Gasteiger charge is -2.10. The largest absolute Gasteiger partial charge is 0.478 e. The van der Waals surface area contributed by atoms with Crippen LogP contribution in [-0.4, -0.2) is 29.7 Å². The summed E-state index contributed by atoms with van der Waals surface area (Å²) < 4.78 is 4.78. The highest BCUT2D eigenvalue weighted by Gasteiger charge is 2.15. The van der Waals surface area contributed by atoms with Crippen LogP contribution in [0.5, 0.6) is 0 Å². The number of ether oxygens (including phenoxy) is 1. The fourth-order valence-electron chi connectivity index (χ4n) is 1.37. The lowest BCUT2D eigenvalue weighted by atomic mass is 10.0. The maximum absolute atomic E-state index is 11.3. The Labute approximate surface area is 99.2 Å². The molecule has 0 amide bonds. The summed E-state index contributed by atoms with van der Waals surface area (Å²) in [5.74, 6) is -1.43. The minimum atomic E-state index is -0.980. The molecule has 1 rings (SSSR count). The molecule has 92 valence electrons. The number of hydrogen-bond acceptors (Lipinski definition) is 4. The molecule has 0 saturated carbocycles. The second-order valence-electron chi connectivity index (χ2n) is 3.56. The Morgan fingerprint density at radius 2 is 1.94 bits per heavy atom. The van der Waals surface area contributed by atoms with Crippen molar-refractivity contribution in [2.45, 2.75) is 19.4 Å². The van der Waals surface area contributed by atoms with Gasteiger partial charge in [0.05, 0.1) is 12.2 Å². The zero-order valence-electron chi connectivity index (χ0n) is 9.55. The average Bonchev–Trinajstić information content (AvgIpc) is 2.30. The number of nitrogens with two attached hydrogens (primary N) is 1. The van der Waals surface area contributed by atoms with E-state index < -0.39 is 18.0 Å². The quantitative estimate of drug-likeness (QED) is 0.740. The molecule has 17 heavy (non-hydrogen) atoms. The molecule has 1 atom stereocenters. The lowest BCUT2D eigenvalue weighted by Crippen LogP contribution is -2.34. The molecule has 0 heterocycles. The van der Waals surface area contributed by atoms with E-state index in [4.69, 9.17) is 15.6 Å². The molecule has 0 aliphatic carbocycles. The van der Waals surface area contributed by atoms with Gasteiger partial charge < -0.3 is 15.6 Å². The fourth-order valence-corrected chi connectivity index (χ4v) is 1.37. The first kappa shape index (κ1) is 13.2. The van der Waals surface area contributed by atoms with Gasteiger partial charge in [0, 0.05) is 0 Å². The maximum atomic E-state index is 11.3. The van der Waals surface area contributed by atoms with Crippen molar-refractivity contribution >= 4 is 11.9 Å². The van der Waals surface area contributed by atoms with E-state index in [-0.39, 0.29) is 5.56 Å². The fraction of sp³-hybridized carbons (Fsp3) is 0.333. The van der Waals surface area contributed by atoms with Crippen molar-refractivity contribution in [1.82, 2.24) is 0 Å². The van der Waals surface area contributed by atoms with Crippen molar-refractivity contribution in [3.8, 4) is 0 Å². The highest BCUT2D eigenvalue weighted by molar-refractivity contribution is 5.87. The van der Waals surface area contributed by atoms with E-state index in [0.29, 0.717) is 13.0 Å². The van der Waals surface area contributed by atoms with Gasteiger partial charge in [-0.25, -0.2) is 4.79 Å². The molecule has 5 nitrogen and oxygen atoms in total. The topological polar surface area (TPSA) is 89.6 Å². The highest BCUT2D eigenvalue weighted by atomic mass is 16.5. The second kappa shape index (κ2) is 6.00. The van der Waals surface area contributed by atoms with Crippen molar-refractivity contribution in [2.24, 2.45) is 5.73 Å². The predicted octanol–water partition coefficient (Wildman–Crippen LogP) is 0.818. The van der Waals surface area contributed by atoms with E-state index in [2.05, 4.69) is 0 Å². The van der Waals surface area contributed by atoms with E-state index in [9.17, 15) is 9.59 Å². The van der Waals surface area contributed by atoms with E-state index in [1.807, 2.05) is 0 Å². The van der Waals surface area contributed by atoms with Crippen molar-refractivity contribution in [2.75, 3.05) is 6.61 Å². The summed E-state index contributed by atoms with van der Waals surface area (Å²) in [7, 11) is 0. The van der Waals surface area contributed by atoms with Gasteiger partial charge >= 0.3 is 11.9 Å². The van der Waals surface area contributed by atoms with Gasteiger partial charge in [0.25, 0.3) is 0 Å². The number of esters is 1. The van der Waals surface area contributed by atoms with E-state index in [0.717, 1.165) is 5.56 Å². The third kappa shape index (κ3) is 3.88. The lowest BCUT2D eigenvalue weighted by molar-refractivity contribution is -0.144. The van der Waals surface area contributed by atoms with Gasteiger partial charge in [0.1, 0.15) is 6.04 Å². The molecule has 1 unspecified atom stereocenters. The van der Waals surface area contributed by atoms with Crippen LogP contribution in [0.25, 0.3) is 0 Å². The zero-order chi connectivity index (χ0) is 12.8. The molecule has 0 aliphatic heterocycles. The minimum absolute atomic E-state index is 0.207. The van der Waals surface area contributed by atoms with Crippen LogP contribution in [0.1, 0.15) is 22.8 Å².